The lowest BCUT2D eigenvalue weighted by molar-refractivity contribution is 0.240. The number of para-hydroxylation sites is 1. The molecule has 0 amide bonds. The van der Waals surface area contributed by atoms with E-state index in [-0.39, 0.29) is 6.23 Å². The Kier molecular flexibility index (Phi) is 4.04. The van der Waals surface area contributed by atoms with Crippen molar-refractivity contribution < 1.29 is 4.74 Å². The number of nitrogens with zero attached hydrogens (tertiary/aromatic N) is 3. The summed E-state index contributed by atoms with van der Waals surface area (Å²) in [6.45, 7) is 1.95. The van der Waals surface area contributed by atoms with Crippen LogP contribution in [0.4, 0.5) is 5.69 Å². The van der Waals surface area contributed by atoms with Gasteiger partial charge in [-0.05, 0) is 18.6 Å². The maximum Gasteiger partial charge on any atom is 0.247 e. The maximum atomic E-state index is 5.89. The van der Waals surface area contributed by atoms with Gasteiger partial charge in [-0.2, -0.15) is 4.98 Å². The highest BCUT2D eigenvalue weighted by molar-refractivity contribution is 7.98. The fraction of sp³-hybridized carbons (Fsp3) is 0.167. The summed E-state index contributed by atoms with van der Waals surface area (Å²) in [4.78, 5) is 4.56. The second-order valence-corrected chi connectivity index (χ2v) is 6.41. The predicted molar refractivity (Wildman–Crippen MR) is 95.0 cm³/mol. The van der Waals surface area contributed by atoms with Crippen LogP contribution in [0.3, 0.4) is 0 Å². The first-order valence-corrected chi connectivity index (χ1v) is 8.72. The topological polar surface area (TPSA) is 59.9 Å². The zero-order valence-corrected chi connectivity index (χ0v) is 14.0. The first kappa shape index (κ1) is 15.0. The SMILES string of the molecule is C[C@H]1Nc2ccccc2-c2nnc(SCc3ccccc3)nc2O1. The highest BCUT2D eigenvalue weighted by Gasteiger charge is 2.22. The summed E-state index contributed by atoms with van der Waals surface area (Å²) in [5.74, 6) is 1.32. The molecule has 4 rings (SSSR count). The van der Waals surface area contributed by atoms with Crippen molar-refractivity contribution in [2.45, 2.75) is 24.1 Å². The molecule has 120 valence electrons. The van der Waals surface area contributed by atoms with Crippen molar-refractivity contribution in [3.05, 3.63) is 60.2 Å². The van der Waals surface area contributed by atoms with Gasteiger partial charge in [0.25, 0.3) is 0 Å². The summed E-state index contributed by atoms with van der Waals surface area (Å²) in [6, 6.07) is 18.2. The summed E-state index contributed by atoms with van der Waals surface area (Å²) < 4.78 is 5.89. The van der Waals surface area contributed by atoms with E-state index in [1.165, 1.54) is 5.56 Å². The average Bonchev–Trinajstić information content (AvgIpc) is 2.75. The molecule has 1 atom stereocenters. The van der Waals surface area contributed by atoms with Crippen LogP contribution in [0, 0.1) is 0 Å². The van der Waals surface area contributed by atoms with Crippen LogP contribution in [0.15, 0.2) is 59.8 Å². The smallest absolute Gasteiger partial charge is 0.247 e. The third-order valence-electron chi connectivity index (χ3n) is 3.68. The first-order chi connectivity index (χ1) is 11.8. The molecule has 5 nitrogen and oxygen atoms in total. The number of aromatic nitrogens is 3. The van der Waals surface area contributed by atoms with Crippen molar-refractivity contribution in [1.29, 1.82) is 0 Å². The summed E-state index contributed by atoms with van der Waals surface area (Å²) >= 11 is 1.55. The zero-order chi connectivity index (χ0) is 16.4. The Morgan fingerprint density at radius 3 is 2.71 bits per heavy atom. The number of hydrogen-bond acceptors (Lipinski definition) is 6. The van der Waals surface area contributed by atoms with Crippen LogP contribution in [0.5, 0.6) is 5.88 Å². The van der Waals surface area contributed by atoms with Gasteiger partial charge in [-0.15, -0.1) is 10.2 Å². The second kappa shape index (κ2) is 6.49. The highest BCUT2D eigenvalue weighted by atomic mass is 32.2. The molecule has 2 aromatic carbocycles. The standard InChI is InChI=1S/C18H16N4OS/c1-12-19-15-10-6-5-9-14(15)16-17(23-12)20-18(22-21-16)24-11-13-7-3-2-4-8-13/h2-10,12,19H,11H2,1H3/t12-/m0/s1. The van der Waals surface area contributed by atoms with Crippen LogP contribution >= 0.6 is 11.8 Å². The van der Waals surface area contributed by atoms with E-state index >= 15 is 0 Å². The largest absolute Gasteiger partial charge is 0.452 e. The molecular weight excluding hydrogens is 320 g/mol. The summed E-state index contributed by atoms with van der Waals surface area (Å²) in [5, 5.41) is 12.6. The van der Waals surface area contributed by atoms with Crippen LogP contribution < -0.4 is 10.1 Å². The van der Waals surface area contributed by atoms with Gasteiger partial charge >= 0.3 is 0 Å². The second-order valence-electron chi connectivity index (χ2n) is 5.47. The van der Waals surface area contributed by atoms with Gasteiger partial charge < -0.3 is 10.1 Å². The van der Waals surface area contributed by atoms with Gasteiger partial charge in [0.15, 0.2) is 11.9 Å². The number of hydrogen-bond donors (Lipinski definition) is 1. The zero-order valence-electron chi connectivity index (χ0n) is 13.1. The lowest BCUT2D eigenvalue weighted by Gasteiger charge is -2.13. The molecule has 0 spiro atoms. The Morgan fingerprint density at radius 1 is 1.04 bits per heavy atom. The van der Waals surface area contributed by atoms with E-state index in [9.17, 15) is 0 Å². The molecule has 24 heavy (non-hydrogen) atoms. The highest BCUT2D eigenvalue weighted by Crippen LogP contribution is 2.36. The van der Waals surface area contributed by atoms with Crippen LogP contribution in [-0.4, -0.2) is 21.4 Å². The minimum Gasteiger partial charge on any atom is -0.452 e. The molecule has 6 heteroatoms. The number of nitrogens with one attached hydrogen (secondary N) is 1. The third-order valence-corrected chi connectivity index (χ3v) is 4.58. The number of thioether (sulfide) groups is 1. The van der Waals surface area contributed by atoms with E-state index < -0.39 is 0 Å². The molecule has 1 aliphatic rings. The van der Waals surface area contributed by atoms with Crippen LogP contribution in [0.1, 0.15) is 12.5 Å². The molecule has 0 bridgehead atoms. The fourth-order valence-electron chi connectivity index (χ4n) is 2.56. The molecule has 2 heterocycles. The van der Waals surface area contributed by atoms with Gasteiger partial charge in [-0.25, -0.2) is 0 Å². The van der Waals surface area contributed by atoms with Gasteiger partial charge in [0.05, 0.1) is 0 Å². The maximum absolute atomic E-state index is 5.89. The molecule has 0 saturated heterocycles. The first-order valence-electron chi connectivity index (χ1n) is 7.73. The number of fused-ring (bicyclic) bond motifs is 3. The molecule has 0 unspecified atom stereocenters. The van der Waals surface area contributed by atoms with E-state index in [0.29, 0.717) is 16.7 Å². The number of ether oxygens (including phenoxy) is 1. The molecule has 3 aromatic rings. The van der Waals surface area contributed by atoms with Gasteiger partial charge in [-0.3, -0.25) is 0 Å². The fourth-order valence-corrected chi connectivity index (χ4v) is 3.30. The van der Waals surface area contributed by atoms with Crippen molar-refractivity contribution in [3.8, 4) is 17.1 Å². The van der Waals surface area contributed by atoms with E-state index in [4.69, 9.17) is 4.74 Å². The van der Waals surface area contributed by atoms with Gasteiger partial charge in [0.2, 0.25) is 11.0 Å². The minimum absolute atomic E-state index is 0.184. The van der Waals surface area contributed by atoms with Crippen molar-refractivity contribution >= 4 is 17.4 Å². The van der Waals surface area contributed by atoms with Crippen LogP contribution in [0.25, 0.3) is 11.3 Å². The van der Waals surface area contributed by atoms with Crippen molar-refractivity contribution in [2.75, 3.05) is 5.32 Å². The van der Waals surface area contributed by atoms with Gasteiger partial charge in [0, 0.05) is 17.0 Å². The Hall–Kier alpha value is -2.60. The van der Waals surface area contributed by atoms with Crippen LogP contribution in [0.2, 0.25) is 0 Å². The van der Waals surface area contributed by atoms with Crippen molar-refractivity contribution in [2.24, 2.45) is 0 Å². The van der Waals surface area contributed by atoms with Gasteiger partial charge in [-0.1, -0.05) is 60.3 Å². The minimum atomic E-state index is -0.184. The van der Waals surface area contributed by atoms with E-state index in [1.807, 2.05) is 49.4 Å². The molecule has 1 aliphatic heterocycles. The van der Waals surface area contributed by atoms with E-state index in [2.05, 4.69) is 32.6 Å². The molecular formula is C18H16N4OS. The number of rotatable bonds is 3. The van der Waals surface area contributed by atoms with Crippen molar-refractivity contribution in [3.63, 3.8) is 0 Å². The van der Waals surface area contributed by atoms with E-state index in [0.717, 1.165) is 17.0 Å². The van der Waals surface area contributed by atoms with Gasteiger partial charge in [0.1, 0.15) is 0 Å². The summed E-state index contributed by atoms with van der Waals surface area (Å²) in [6.07, 6.45) is -0.184. The predicted octanol–water partition coefficient (Wildman–Crippen LogP) is 3.98. The summed E-state index contributed by atoms with van der Waals surface area (Å²) in [7, 11) is 0. The van der Waals surface area contributed by atoms with Crippen LogP contribution in [-0.2, 0) is 5.75 Å². The number of benzene rings is 2. The molecule has 0 radical (unpaired) electrons. The third kappa shape index (κ3) is 3.05. The molecule has 0 aliphatic carbocycles. The Balaban J connectivity index is 1.63. The molecule has 1 N–H and O–H groups in total. The number of anilines is 1. The lowest BCUT2D eigenvalue weighted by Crippen LogP contribution is -2.21. The normalized spacial score (nSPS) is 15.5. The molecule has 1 aromatic heterocycles. The molecule has 0 fully saturated rings. The van der Waals surface area contributed by atoms with Crippen molar-refractivity contribution in [1.82, 2.24) is 15.2 Å². The summed E-state index contributed by atoms with van der Waals surface area (Å²) in [5.41, 5.74) is 3.83. The van der Waals surface area contributed by atoms with E-state index in [1.54, 1.807) is 11.8 Å². The molecule has 0 saturated carbocycles. The quantitative estimate of drug-likeness (QED) is 0.730. The monoisotopic (exact) mass is 336 g/mol. The Morgan fingerprint density at radius 2 is 1.83 bits per heavy atom. The Labute approximate surface area is 144 Å². The lowest BCUT2D eigenvalue weighted by atomic mass is 10.1. The Bertz CT molecular complexity index is 857. The average molecular weight is 336 g/mol.